The minimum absolute atomic E-state index is 0.293. The molecule has 19 heavy (non-hydrogen) atoms. The maximum atomic E-state index is 11.9. The lowest BCUT2D eigenvalue weighted by atomic mass is 10.1. The van der Waals surface area contributed by atoms with Crippen LogP contribution in [0.5, 0.6) is 0 Å². The van der Waals surface area contributed by atoms with Gasteiger partial charge >= 0.3 is 5.97 Å². The average Bonchev–Trinajstić information content (AvgIpc) is 2.78. The van der Waals surface area contributed by atoms with Crippen molar-refractivity contribution in [1.82, 2.24) is 20.4 Å². The van der Waals surface area contributed by atoms with E-state index < -0.39 is 12.0 Å². The quantitative estimate of drug-likeness (QED) is 0.642. The van der Waals surface area contributed by atoms with Gasteiger partial charge in [0.2, 0.25) is 5.91 Å². The molecule has 2 atom stereocenters. The van der Waals surface area contributed by atoms with Crippen LogP contribution in [0, 0.1) is 5.92 Å². The second-order valence-electron chi connectivity index (χ2n) is 4.44. The molecule has 0 aliphatic carbocycles. The standard InChI is InChI=1S/C12H20N4O3/c1-4-13-5-8(2)11(17)15-10(12(18)19)9-6-14-16(3)7-9/h6-8,10,13H,4-5H2,1-3H3,(H,15,17)(H,18,19). The van der Waals surface area contributed by atoms with Crippen molar-refractivity contribution < 1.29 is 14.7 Å². The normalized spacial score (nSPS) is 13.8. The summed E-state index contributed by atoms with van der Waals surface area (Å²) >= 11 is 0. The first-order valence-electron chi connectivity index (χ1n) is 6.18. The second-order valence-corrected chi connectivity index (χ2v) is 4.44. The van der Waals surface area contributed by atoms with Gasteiger partial charge in [-0.3, -0.25) is 9.48 Å². The van der Waals surface area contributed by atoms with E-state index in [9.17, 15) is 14.7 Å². The molecule has 0 aliphatic heterocycles. The first-order chi connectivity index (χ1) is 8.95. The Morgan fingerprint density at radius 3 is 2.68 bits per heavy atom. The van der Waals surface area contributed by atoms with Crippen LogP contribution < -0.4 is 10.6 Å². The van der Waals surface area contributed by atoms with Crippen LogP contribution in [0.1, 0.15) is 25.5 Å². The zero-order valence-electron chi connectivity index (χ0n) is 11.4. The Balaban J connectivity index is 2.69. The summed E-state index contributed by atoms with van der Waals surface area (Å²) in [6.45, 7) is 4.98. The van der Waals surface area contributed by atoms with Crippen molar-refractivity contribution in [3.8, 4) is 0 Å². The molecule has 0 bridgehead atoms. The van der Waals surface area contributed by atoms with Gasteiger partial charge < -0.3 is 15.7 Å². The van der Waals surface area contributed by atoms with Gasteiger partial charge in [0.1, 0.15) is 0 Å². The Morgan fingerprint density at radius 2 is 2.21 bits per heavy atom. The lowest BCUT2D eigenvalue weighted by Gasteiger charge is -2.17. The fourth-order valence-corrected chi connectivity index (χ4v) is 1.61. The van der Waals surface area contributed by atoms with Crippen molar-refractivity contribution in [2.75, 3.05) is 13.1 Å². The molecule has 1 amide bonds. The molecule has 2 unspecified atom stereocenters. The van der Waals surface area contributed by atoms with E-state index >= 15 is 0 Å². The zero-order valence-corrected chi connectivity index (χ0v) is 11.4. The number of amides is 1. The SMILES string of the molecule is CCNCC(C)C(=O)NC(C(=O)O)c1cnn(C)c1. The Labute approximate surface area is 112 Å². The van der Waals surface area contributed by atoms with Gasteiger partial charge in [-0.2, -0.15) is 5.10 Å². The summed E-state index contributed by atoms with van der Waals surface area (Å²) in [5, 5.41) is 18.7. The predicted molar refractivity (Wildman–Crippen MR) is 69.4 cm³/mol. The molecule has 7 heteroatoms. The zero-order chi connectivity index (χ0) is 14.4. The molecule has 0 saturated carbocycles. The molecular weight excluding hydrogens is 248 g/mol. The van der Waals surface area contributed by atoms with Crippen molar-refractivity contribution >= 4 is 11.9 Å². The number of carboxylic acid groups (broad SMARTS) is 1. The van der Waals surface area contributed by atoms with Crippen LogP contribution in [0.25, 0.3) is 0 Å². The summed E-state index contributed by atoms with van der Waals surface area (Å²) < 4.78 is 1.50. The van der Waals surface area contributed by atoms with Crippen LogP contribution in [0.4, 0.5) is 0 Å². The van der Waals surface area contributed by atoms with Crippen molar-refractivity contribution in [2.24, 2.45) is 13.0 Å². The number of carboxylic acids is 1. The molecule has 3 N–H and O–H groups in total. The summed E-state index contributed by atoms with van der Waals surface area (Å²) in [5.74, 6) is -1.69. The number of aromatic nitrogens is 2. The smallest absolute Gasteiger partial charge is 0.331 e. The molecule has 1 aromatic heterocycles. The first kappa shape index (κ1) is 15.2. The van der Waals surface area contributed by atoms with Gasteiger partial charge in [0, 0.05) is 31.3 Å². The molecule has 0 radical (unpaired) electrons. The van der Waals surface area contributed by atoms with Gasteiger partial charge in [-0.05, 0) is 6.54 Å². The molecule has 106 valence electrons. The molecule has 7 nitrogen and oxygen atoms in total. The fourth-order valence-electron chi connectivity index (χ4n) is 1.61. The molecule has 0 spiro atoms. The minimum atomic E-state index is -1.10. The maximum Gasteiger partial charge on any atom is 0.331 e. The lowest BCUT2D eigenvalue weighted by molar-refractivity contribution is -0.142. The van der Waals surface area contributed by atoms with Crippen molar-refractivity contribution in [3.63, 3.8) is 0 Å². The van der Waals surface area contributed by atoms with E-state index in [1.54, 1.807) is 20.2 Å². The van der Waals surface area contributed by atoms with Crippen LogP contribution in [0.2, 0.25) is 0 Å². The van der Waals surface area contributed by atoms with Crippen LogP contribution in [0.3, 0.4) is 0 Å². The fraction of sp³-hybridized carbons (Fsp3) is 0.583. The van der Waals surface area contributed by atoms with Gasteiger partial charge in [-0.25, -0.2) is 4.79 Å². The molecule has 0 aromatic carbocycles. The number of hydrogen-bond acceptors (Lipinski definition) is 4. The summed E-state index contributed by atoms with van der Waals surface area (Å²) in [6.07, 6.45) is 3.02. The largest absolute Gasteiger partial charge is 0.479 e. The summed E-state index contributed by atoms with van der Waals surface area (Å²) in [4.78, 5) is 23.1. The summed E-state index contributed by atoms with van der Waals surface area (Å²) in [5.41, 5.74) is 0.457. The number of aliphatic carboxylic acids is 1. The topological polar surface area (TPSA) is 96.2 Å². The molecule has 0 fully saturated rings. The number of rotatable bonds is 7. The molecule has 1 heterocycles. The lowest BCUT2D eigenvalue weighted by Crippen LogP contribution is -2.40. The number of carbonyl (C=O) groups is 2. The summed E-state index contributed by atoms with van der Waals surface area (Å²) in [6, 6.07) is -1.06. The molecule has 1 rings (SSSR count). The number of nitrogens with one attached hydrogen (secondary N) is 2. The highest BCUT2D eigenvalue weighted by Gasteiger charge is 2.25. The number of carbonyl (C=O) groups excluding carboxylic acids is 1. The van der Waals surface area contributed by atoms with Crippen molar-refractivity contribution in [3.05, 3.63) is 18.0 Å². The third kappa shape index (κ3) is 4.36. The van der Waals surface area contributed by atoms with Gasteiger partial charge in [0.05, 0.1) is 6.20 Å². The summed E-state index contributed by atoms with van der Waals surface area (Å²) in [7, 11) is 1.69. The molecule has 0 saturated heterocycles. The van der Waals surface area contributed by atoms with E-state index in [-0.39, 0.29) is 11.8 Å². The Morgan fingerprint density at radius 1 is 1.53 bits per heavy atom. The highest BCUT2D eigenvalue weighted by Crippen LogP contribution is 2.12. The minimum Gasteiger partial charge on any atom is -0.479 e. The van der Waals surface area contributed by atoms with Gasteiger partial charge in [0.15, 0.2) is 6.04 Å². The van der Waals surface area contributed by atoms with Crippen molar-refractivity contribution in [1.29, 1.82) is 0 Å². The Kier molecular flexibility index (Phi) is 5.50. The Bertz CT molecular complexity index is 444. The highest BCUT2D eigenvalue weighted by molar-refractivity contribution is 5.85. The van der Waals surface area contributed by atoms with E-state index in [2.05, 4.69) is 15.7 Å². The van der Waals surface area contributed by atoms with E-state index in [0.29, 0.717) is 12.1 Å². The average molecular weight is 268 g/mol. The first-order valence-corrected chi connectivity index (χ1v) is 6.18. The van der Waals surface area contributed by atoms with Crippen LogP contribution >= 0.6 is 0 Å². The predicted octanol–water partition coefficient (Wildman–Crippen LogP) is -0.0924. The van der Waals surface area contributed by atoms with Gasteiger partial charge in [-0.1, -0.05) is 13.8 Å². The van der Waals surface area contributed by atoms with Crippen molar-refractivity contribution in [2.45, 2.75) is 19.9 Å². The second kappa shape index (κ2) is 6.89. The monoisotopic (exact) mass is 268 g/mol. The number of nitrogens with zero attached hydrogens (tertiary/aromatic N) is 2. The van der Waals surface area contributed by atoms with Crippen LogP contribution in [-0.2, 0) is 16.6 Å². The highest BCUT2D eigenvalue weighted by atomic mass is 16.4. The number of hydrogen-bond donors (Lipinski definition) is 3. The third-order valence-corrected chi connectivity index (χ3v) is 2.74. The van der Waals surface area contributed by atoms with Crippen LogP contribution in [0.15, 0.2) is 12.4 Å². The van der Waals surface area contributed by atoms with E-state index in [1.165, 1.54) is 10.9 Å². The molecule has 1 aromatic rings. The third-order valence-electron chi connectivity index (χ3n) is 2.74. The number of aryl methyl sites for hydroxylation is 1. The van der Waals surface area contributed by atoms with E-state index in [1.807, 2.05) is 6.92 Å². The van der Waals surface area contributed by atoms with Gasteiger partial charge in [-0.15, -0.1) is 0 Å². The van der Waals surface area contributed by atoms with E-state index in [4.69, 9.17) is 0 Å². The van der Waals surface area contributed by atoms with Gasteiger partial charge in [0.25, 0.3) is 0 Å². The Hall–Kier alpha value is -1.89. The molecular formula is C12H20N4O3. The maximum absolute atomic E-state index is 11.9. The van der Waals surface area contributed by atoms with Crippen LogP contribution in [-0.4, -0.2) is 39.9 Å². The van der Waals surface area contributed by atoms with E-state index in [0.717, 1.165) is 6.54 Å². The molecule has 0 aliphatic rings.